The number of hydrogen-bond donors (Lipinski definition) is 0. The molecular weight excluding hydrogens is 294 g/mol. The summed E-state index contributed by atoms with van der Waals surface area (Å²) in [5.74, 6) is 0.486. The Morgan fingerprint density at radius 3 is 2.64 bits per heavy atom. The van der Waals surface area contributed by atoms with Crippen molar-refractivity contribution in [2.24, 2.45) is 5.92 Å². The zero-order chi connectivity index (χ0) is 15.5. The fraction of sp³-hybridized carbons (Fsp3) is 0.389. The summed E-state index contributed by atoms with van der Waals surface area (Å²) >= 11 is 1.56. The number of carbonyl (C=O) groups excluding carboxylic acids is 1. The number of rotatable bonds is 3. The average molecular weight is 315 g/mol. The average Bonchev–Trinajstić information content (AvgIpc) is 3.09. The van der Waals surface area contributed by atoms with Crippen LogP contribution in [0.3, 0.4) is 0 Å². The lowest BCUT2D eigenvalue weighted by molar-refractivity contribution is -0.0954. The van der Waals surface area contributed by atoms with E-state index < -0.39 is 0 Å². The minimum Gasteiger partial charge on any atom is -0.366 e. The molecule has 116 valence electrons. The molecule has 2 heterocycles. The van der Waals surface area contributed by atoms with Crippen LogP contribution >= 0.6 is 11.3 Å². The Hall–Kier alpha value is -1.65. The molecule has 0 saturated carbocycles. The summed E-state index contributed by atoms with van der Waals surface area (Å²) in [6, 6.07) is 12.1. The molecule has 1 aliphatic rings. The van der Waals surface area contributed by atoms with Gasteiger partial charge in [-0.2, -0.15) is 11.3 Å². The molecule has 3 rings (SSSR count). The van der Waals surface area contributed by atoms with Crippen molar-refractivity contribution in [2.45, 2.75) is 26.1 Å². The molecule has 1 saturated heterocycles. The molecule has 1 fully saturated rings. The van der Waals surface area contributed by atoms with Gasteiger partial charge in [-0.05, 0) is 22.9 Å². The van der Waals surface area contributed by atoms with Crippen LogP contribution < -0.4 is 0 Å². The highest BCUT2D eigenvalue weighted by Gasteiger charge is 2.33. The van der Waals surface area contributed by atoms with Crippen molar-refractivity contribution in [3.8, 4) is 0 Å². The first-order valence-electron chi connectivity index (χ1n) is 7.67. The lowest BCUT2D eigenvalue weighted by Gasteiger charge is -2.40. The summed E-state index contributed by atoms with van der Waals surface area (Å²) < 4.78 is 6.24. The molecule has 1 aliphatic heterocycles. The predicted octanol–water partition coefficient (Wildman–Crippen LogP) is 3.99. The minimum absolute atomic E-state index is 0.0510. The topological polar surface area (TPSA) is 29.5 Å². The predicted molar refractivity (Wildman–Crippen MR) is 89.1 cm³/mol. The monoisotopic (exact) mass is 315 g/mol. The van der Waals surface area contributed by atoms with Crippen molar-refractivity contribution in [1.29, 1.82) is 0 Å². The molecule has 2 atom stereocenters. The first kappa shape index (κ1) is 15.3. The molecule has 3 nitrogen and oxygen atoms in total. The van der Waals surface area contributed by atoms with Crippen LogP contribution in [-0.4, -0.2) is 30.0 Å². The van der Waals surface area contributed by atoms with E-state index in [1.807, 2.05) is 39.9 Å². The van der Waals surface area contributed by atoms with E-state index in [1.54, 1.807) is 11.3 Å². The third-order valence-corrected chi connectivity index (χ3v) is 4.78. The highest BCUT2D eigenvalue weighted by atomic mass is 32.1. The van der Waals surface area contributed by atoms with Gasteiger partial charge in [0, 0.05) is 11.9 Å². The van der Waals surface area contributed by atoms with Gasteiger partial charge < -0.3 is 9.64 Å². The largest absolute Gasteiger partial charge is 0.366 e. The van der Waals surface area contributed by atoms with E-state index in [1.165, 1.54) is 0 Å². The SMILES string of the molecule is CC(C)[C@H]1CN(C(=O)c2ccsc2)C[C@@H](c2ccccc2)O1. The number of thiophene rings is 1. The van der Waals surface area contributed by atoms with Crippen molar-refractivity contribution >= 4 is 17.2 Å². The fourth-order valence-electron chi connectivity index (χ4n) is 2.74. The van der Waals surface area contributed by atoms with Crippen molar-refractivity contribution in [3.63, 3.8) is 0 Å². The number of hydrogen-bond acceptors (Lipinski definition) is 3. The standard InChI is InChI=1S/C18H21NO2S/c1-13(2)16-10-19(18(20)15-8-9-22-12-15)11-17(21-16)14-6-4-3-5-7-14/h3-9,12-13,16-17H,10-11H2,1-2H3/t16-,17+/m1/s1. The smallest absolute Gasteiger partial charge is 0.254 e. The summed E-state index contributed by atoms with van der Waals surface area (Å²) in [5.41, 5.74) is 1.91. The van der Waals surface area contributed by atoms with E-state index >= 15 is 0 Å². The number of morpholine rings is 1. The van der Waals surface area contributed by atoms with E-state index in [2.05, 4.69) is 26.0 Å². The second kappa shape index (κ2) is 6.63. The lowest BCUT2D eigenvalue weighted by atomic mass is 10.0. The molecule has 1 amide bonds. The summed E-state index contributed by atoms with van der Waals surface area (Å²) in [6.45, 7) is 5.56. The number of nitrogens with zero attached hydrogens (tertiary/aromatic N) is 1. The molecule has 0 radical (unpaired) electrons. The summed E-state index contributed by atoms with van der Waals surface area (Å²) in [4.78, 5) is 14.6. The van der Waals surface area contributed by atoms with Gasteiger partial charge >= 0.3 is 0 Å². The van der Waals surface area contributed by atoms with Gasteiger partial charge in [0.15, 0.2) is 0 Å². The molecule has 0 spiro atoms. The van der Waals surface area contributed by atoms with Gasteiger partial charge in [-0.1, -0.05) is 44.2 Å². The van der Waals surface area contributed by atoms with Crippen molar-refractivity contribution < 1.29 is 9.53 Å². The van der Waals surface area contributed by atoms with Crippen LogP contribution in [0.25, 0.3) is 0 Å². The van der Waals surface area contributed by atoms with E-state index in [-0.39, 0.29) is 18.1 Å². The molecule has 1 aromatic heterocycles. The first-order valence-corrected chi connectivity index (χ1v) is 8.61. The Morgan fingerprint density at radius 2 is 2.00 bits per heavy atom. The second-order valence-electron chi connectivity index (χ2n) is 6.04. The van der Waals surface area contributed by atoms with Crippen molar-refractivity contribution in [3.05, 3.63) is 58.3 Å². The summed E-state index contributed by atoms with van der Waals surface area (Å²) in [6.07, 6.45) is 0.0199. The van der Waals surface area contributed by atoms with Crippen LogP contribution in [0.4, 0.5) is 0 Å². The van der Waals surface area contributed by atoms with Crippen LogP contribution in [-0.2, 0) is 4.74 Å². The van der Waals surface area contributed by atoms with Gasteiger partial charge in [0.25, 0.3) is 5.91 Å². The molecule has 0 N–H and O–H groups in total. The third-order valence-electron chi connectivity index (χ3n) is 4.10. The number of amides is 1. The molecule has 4 heteroatoms. The zero-order valence-corrected chi connectivity index (χ0v) is 13.8. The Morgan fingerprint density at radius 1 is 1.23 bits per heavy atom. The van der Waals surface area contributed by atoms with Gasteiger partial charge in [-0.25, -0.2) is 0 Å². The number of benzene rings is 1. The molecule has 1 aromatic carbocycles. The molecular formula is C18H21NO2S. The summed E-state index contributed by atoms with van der Waals surface area (Å²) in [5, 5.41) is 3.86. The van der Waals surface area contributed by atoms with Crippen LogP contribution in [0, 0.1) is 5.92 Å². The molecule has 22 heavy (non-hydrogen) atoms. The van der Waals surface area contributed by atoms with Gasteiger partial charge in [-0.3, -0.25) is 4.79 Å². The van der Waals surface area contributed by atoms with Gasteiger partial charge in [0.2, 0.25) is 0 Å². The minimum atomic E-state index is -0.0510. The van der Waals surface area contributed by atoms with Gasteiger partial charge in [0.05, 0.1) is 18.2 Å². The van der Waals surface area contributed by atoms with E-state index in [0.29, 0.717) is 19.0 Å². The van der Waals surface area contributed by atoms with Gasteiger partial charge in [0.1, 0.15) is 6.10 Å². The number of carbonyl (C=O) groups is 1. The third kappa shape index (κ3) is 3.23. The molecule has 0 aliphatic carbocycles. The highest BCUT2D eigenvalue weighted by molar-refractivity contribution is 7.08. The van der Waals surface area contributed by atoms with Gasteiger partial charge in [-0.15, -0.1) is 0 Å². The van der Waals surface area contributed by atoms with Crippen molar-refractivity contribution in [2.75, 3.05) is 13.1 Å². The normalized spacial score (nSPS) is 22.0. The Labute approximate surface area is 135 Å². The molecule has 0 unspecified atom stereocenters. The molecule has 0 bridgehead atoms. The van der Waals surface area contributed by atoms with Crippen LogP contribution in [0.2, 0.25) is 0 Å². The quantitative estimate of drug-likeness (QED) is 0.857. The fourth-order valence-corrected chi connectivity index (χ4v) is 3.37. The number of ether oxygens (including phenoxy) is 1. The maximum absolute atomic E-state index is 12.7. The maximum atomic E-state index is 12.7. The maximum Gasteiger partial charge on any atom is 0.254 e. The summed E-state index contributed by atoms with van der Waals surface area (Å²) in [7, 11) is 0. The van der Waals surface area contributed by atoms with Crippen LogP contribution in [0.15, 0.2) is 47.2 Å². The Balaban J connectivity index is 1.83. The van der Waals surface area contributed by atoms with Crippen LogP contribution in [0.5, 0.6) is 0 Å². The highest BCUT2D eigenvalue weighted by Crippen LogP contribution is 2.29. The Bertz CT molecular complexity index is 609. The second-order valence-corrected chi connectivity index (χ2v) is 6.82. The van der Waals surface area contributed by atoms with E-state index in [9.17, 15) is 4.79 Å². The van der Waals surface area contributed by atoms with E-state index in [4.69, 9.17) is 4.74 Å². The van der Waals surface area contributed by atoms with Crippen molar-refractivity contribution in [1.82, 2.24) is 4.90 Å². The molecule has 2 aromatic rings. The first-order chi connectivity index (χ1) is 10.6. The van der Waals surface area contributed by atoms with Crippen LogP contribution in [0.1, 0.15) is 35.9 Å². The lowest BCUT2D eigenvalue weighted by Crippen LogP contribution is -2.48. The Kier molecular flexibility index (Phi) is 4.60. The van der Waals surface area contributed by atoms with E-state index in [0.717, 1.165) is 11.1 Å². The zero-order valence-electron chi connectivity index (χ0n) is 12.9.